The number of hydrogen-bond donors (Lipinski definition) is 1. The van der Waals surface area contributed by atoms with Crippen molar-refractivity contribution in [3.63, 3.8) is 0 Å². The third kappa shape index (κ3) is 6.29. The second kappa shape index (κ2) is 7.58. The van der Waals surface area contributed by atoms with Crippen molar-refractivity contribution in [2.24, 2.45) is 0 Å². The molecule has 0 aromatic heterocycles. The van der Waals surface area contributed by atoms with Gasteiger partial charge in [0.2, 0.25) is 0 Å². The summed E-state index contributed by atoms with van der Waals surface area (Å²) >= 11 is 1.02. The van der Waals surface area contributed by atoms with Crippen molar-refractivity contribution in [3.05, 3.63) is 0 Å². The molecule has 13 heavy (non-hydrogen) atoms. The zero-order valence-electron chi connectivity index (χ0n) is 8.41. The summed E-state index contributed by atoms with van der Waals surface area (Å²) in [6.45, 7) is 6.88. The minimum atomic E-state index is -0.0410. The molecule has 0 unspecified atom stereocenters. The van der Waals surface area contributed by atoms with E-state index in [1.54, 1.807) is 0 Å². The molecule has 0 bridgehead atoms. The van der Waals surface area contributed by atoms with E-state index < -0.39 is 0 Å². The van der Waals surface area contributed by atoms with E-state index in [1.165, 1.54) is 0 Å². The van der Waals surface area contributed by atoms with Crippen molar-refractivity contribution in [1.82, 2.24) is 0 Å². The highest BCUT2D eigenvalue weighted by Gasteiger charge is 2.19. The van der Waals surface area contributed by atoms with Crippen LogP contribution in [0.25, 0.3) is 0 Å². The van der Waals surface area contributed by atoms with Gasteiger partial charge in [0.05, 0.1) is 12.2 Å². The molecule has 0 fully saturated rings. The maximum absolute atomic E-state index is 7.83. The second-order valence-corrected chi connectivity index (χ2v) is 3.75. The fraction of sp³-hybridized carbons (Fsp3) is 1.00. The Balaban J connectivity index is 3.39. The molecule has 0 saturated heterocycles. The average molecular weight is 210 g/mol. The molecule has 0 rings (SSSR count). The minimum Gasteiger partial charge on any atom is -0.374 e. The molecule has 0 atom stereocenters. The Labute approximate surface area is 83.6 Å². The van der Waals surface area contributed by atoms with Crippen LogP contribution in [-0.2, 0) is 14.1 Å². The lowest BCUT2D eigenvalue weighted by molar-refractivity contribution is -0.432. The summed E-state index contributed by atoms with van der Waals surface area (Å²) in [6, 6.07) is 0. The summed E-state index contributed by atoms with van der Waals surface area (Å²) in [5.74, 6) is 0.635. The Morgan fingerprint density at radius 2 is 1.92 bits per heavy atom. The predicted octanol–water partition coefficient (Wildman–Crippen LogP) is 2.65. The summed E-state index contributed by atoms with van der Waals surface area (Å²) in [4.78, 5) is 0. The van der Waals surface area contributed by atoms with E-state index in [1.807, 2.05) is 0 Å². The van der Waals surface area contributed by atoms with Gasteiger partial charge >= 0.3 is 0 Å². The molecule has 4 nitrogen and oxygen atoms in total. The van der Waals surface area contributed by atoms with Crippen molar-refractivity contribution >= 4 is 12.0 Å². The van der Waals surface area contributed by atoms with Gasteiger partial charge in [-0.1, -0.05) is 18.9 Å². The van der Waals surface area contributed by atoms with Crippen molar-refractivity contribution < 1.29 is 19.4 Å². The topological polar surface area (TPSA) is 47.9 Å². The van der Waals surface area contributed by atoms with Gasteiger partial charge in [0, 0.05) is 17.8 Å². The molecule has 0 saturated carbocycles. The first-order valence-electron chi connectivity index (χ1n) is 4.42. The van der Waals surface area contributed by atoms with Gasteiger partial charge in [0.25, 0.3) is 0 Å². The van der Waals surface area contributed by atoms with Crippen LogP contribution >= 0.6 is 12.0 Å². The second-order valence-electron chi connectivity index (χ2n) is 2.97. The fourth-order valence-corrected chi connectivity index (χ4v) is 1.09. The Bertz CT molecular complexity index is 117. The van der Waals surface area contributed by atoms with Crippen LogP contribution in [0.4, 0.5) is 0 Å². The number of rotatable bonds is 8. The molecule has 0 aliphatic heterocycles. The lowest BCUT2D eigenvalue weighted by atomic mass is 10.0. The molecule has 0 spiro atoms. The Hall–Kier alpha value is 0.190. The van der Waals surface area contributed by atoms with Gasteiger partial charge < -0.3 is 4.74 Å². The quantitative estimate of drug-likeness (QED) is 0.289. The first-order chi connectivity index (χ1) is 6.18. The zero-order chi connectivity index (χ0) is 10.2. The summed E-state index contributed by atoms with van der Waals surface area (Å²) in [5.41, 5.74) is -0.0410. The Kier molecular flexibility index (Phi) is 7.69. The molecule has 80 valence electrons. The predicted molar refractivity (Wildman–Crippen MR) is 52.2 cm³/mol. The highest BCUT2D eigenvalue weighted by Crippen LogP contribution is 2.19. The molecule has 1 N–H and O–H groups in total. The van der Waals surface area contributed by atoms with Crippen LogP contribution in [0, 0.1) is 0 Å². The minimum absolute atomic E-state index is 0.0410. The molecule has 0 aliphatic carbocycles. The number of ether oxygens (including phenoxy) is 1. The van der Waals surface area contributed by atoms with Crippen molar-refractivity contribution in [2.75, 3.05) is 12.4 Å². The van der Waals surface area contributed by atoms with Crippen LogP contribution in [0.3, 0.4) is 0 Å². The third-order valence-electron chi connectivity index (χ3n) is 2.19. The van der Waals surface area contributed by atoms with Gasteiger partial charge in [-0.05, 0) is 19.8 Å². The Morgan fingerprint density at radius 1 is 1.31 bits per heavy atom. The molecule has 0 aromatic rings. The first-order valence-corrected chi connectivity index (χ1v) is 5.33. The summed E-state index contributed by atoms with van der Waals surface area (Å²) < 4.78 is 9.84. The van der Waals surface area contributed by atoms with Gasteiger partial charge in [0.15, 0.2) is 0 Å². The fourth-order valence-electron chi connectivity index (χ4n) is 0.832. The van der Waals surface area contributed by atoms with Crippen LogP contribution in [0.5, 0.6) is 0 Å². The normalized spacial score (nSPS) is 12.0. The highest BCUT2D eigenvalue weighted by molar-refractivity contribution is 7.94. The average Bonchev–Trinajstić information content (AvgIpc) is 2.17. The first kappa shape index (κ1) is 13.2. The highest BCUT2D eigenvalue weighted by atomic mass is 32.2. The maximum atomic E-state index is 7.83. The van der Waals surface area contributed by atoms with Crippen LogP contribution < -0.4 is 0 Å². The van der Waals surface area contributed by atoms with E-state index in [0.29, 0.717) is 12.4 Å². The van der Waals surface area contributed by atoms with Gasteiger partial charge in [-0.3, -0.25) is 0 Å². The van der Waals surface area contributed by atoms with Gasteiger partial charge in [-0.15, -0.1) is 4.33 Å². The van der Waals surface area contributed by atoms with Crippen molar-refractivity contribution in [1.29, 1.82) is 0 Å². The van der Waals surface area contributed by atoms with E-state index in [0.717, 1.165) is 24.9 Å². The molecule has 0 aromatic carbocycles. The molecule has 0 amide bonds. The summed E-state index contributed by atoms with van der Waals surface area (Å²) in [7, 11) is 0. The Morgan fingerprint density at radius 3 is 2.38 bits per heavy atom. The number of hydrogen-bond acceptors (Lipinski definition) is 5. The molecular weight excluding hydrogens is 192 g/mol. The molecule has 0 heterocycles. The summed E-state index contributed by atoms with van der Waals surface area (Å²) in [5, 5.41) is 11.3. The molecule has 0 aliphatic rings. The van der Waals surface area contributed by atoms with E-state index in [4.69, 9.17) is 9.99 Å². The monoisotopic (exact) mass is 210 g/mol. The van der Waals surface area contributed by atoms with E-state index in [2.05, 4.69) is 30.1 Å². The smallest absolute Gasteiger partial charge is 0.0649 e. The zero-order valence-corrected chi connectivity index (χ0v) is 9.23. The molecule has 5 heteroatoms. The van der Waals surface area contributed by atoms with Crippen molar-refractivity contribution in [2.45, 2.75) is 39.2 Å². The lowest BCUT2D eigenvalue weighted by Gasteiger charge is -2.26. The molecular formula is C8H18O4S. The van der Waals surface area contributed by atoms with Gasteiger partial charge in [-0.2, -0.15) is 0 Å². The van der Waals surface area contributed by atoms with E-state index in [-0.39, 0.29) is 5.60 Å². The van der Waals surface area contributed by atoms with E-state index >= 15 is 0 Å². The maximum Gasteiger partial charge on any atom is 0.0649 e. The summed E-state index contributed by atoms with van der Waals surface area (Å²) in [6.07, 6.45) is 1.98. The van der Waals surface area contributed by atoms with E-state index in [9.17, 15) is 0 Å². The SMILES string of the molecule is CCC(C)(CC)OCCSOOO. The van der Waals surface area contributed by atoms with Gasteiger partial charge in [-0.25, -0.2) is 5.26 Å². The van der Waals surface area contributed by atoms with Crippen LogP contribution in [0.1, 0.15) is 33.6 Å². The van der Waals surface area contributed by atoms with Crippen molar-refractivity contribution in [3.8, 4) is 0 Å². The largest absolute Gasteiger partial charge is 0.374 e. The third-order valence-corrected chi connectivity index (χ3v) is 2.68. The lowest BCUT2D eigenvalue weighted by Crippen LogP contribution is -2.27. The van der Waals surface area contributed by atoms with Gasteiger partial charge in [0.1, 0.15) is 0 Å². The van der Waals surface area contributed by atoms with Crippen LogP contribution in [0.15, 0.2) is 0 Å². The van der Waals surface area contributed by atoms with Crippen LogP contribution in [-0.4, -0.2) is 23.2 Å². The standard InChI is InChI=1S/C8H18O4S/c1-4-8(3,5-2)10-6-7-13-12-11-9/h9H,4-7H2,1-3H3. The van der Waals surface area contributed by atoms with Crippen LogP contribution in [0.2, 0.25) is 0 Å². The molecule has 0 radical (unpaired) electrons.